The van der Waals surface area contributed by atoms with E-state index in [0.717, 1.165) is 18.4 Å². The number of benzene rings is 3. The molecule has 1 aliphatic heterocycles. The Bertz CT molecular complexity index is 1630. The van der Waals surface area contributed by atoms with Gasteiger partial charge in [-0.15, -0.1) is 0 Å². The third-order valence-electron chi connectivity index (χ3n) is 7.15. The lowest BCUT2D eigenvalue weighted by molar-refractivity contribution is 0.0964. The van der Waals surface area contributed by atoms with Gasteiger partial charge in [-0.2, -0.15) is 0 Å². The van der Waals surface area contributed by atoms with Gasteiger partial charge in [0.2, 0.25) is 10.0 Å². The molecule has 6 rings (SSSR count). The third kappa shape index (κ3) is 4.23. The van der Waals surface area contributed by atoms with Gasteiger partial charge in [-0.3, -0.25) is 9.10 Å². The van der Waals surface area contributed by atoms with Gasteiger partial charge in [0, 0.05) is 30.6 Å². The van der Waals surface area contributed by atoms with Gasteiger partial charge < -0.3 is 14.5 Å². The fourth-order valence-electron chi connectivity index (χ4n) is 5.22. The smallest absolute Gasteiger partial charge is 0.255 e. The summed E-state index contributed by atoms with van der Waals surface area (Å²) in [5.74, 6) is 1.53. The zero-order valence-electron chi connectivity index (χ0n) is 20.3. The van der Waals surface area contributed by atoms with Crippen molar-refractivity contribution >= 4 is 32.6 Å². The quantitative estimate of drug-likeness (QED) is 0.367. The van der Waals surface area contributed by atoms with Crippen LogP contribution in [0.2, 0.25) is 0 Å². The summed E-state index contributed by atoms with van der Waals surface area (Å²) >= 11 is 0. The van der Waals surface area contributed by atoms with Crippen LogP contribution in [-0.2, 0) is 10.0 Å². The minimum absolute atomic E-state index is 0.282. The molecule has 0 bridgehead atoms. The van der Waals surface area contributed by atoms with Crippen LogP contribution in [0, 0.1) is 11.7 Å². The Balaban J connectivity index is 1.44. The molecule has 190 valence electrons. The van der Waals surface area contributed by atoms with E-state index in [2.05, 4.69) is 5.32 Å². The highest BCUT2D eigenvalue weighted by Crippen LogP contribution is 2.56. The first-order valence-corrected chi connectivity index (χ1v) is 13.9. The van der Waals surface area contributed by atoms with Gasteiger partial charge in [0.25, 0.3) is 5.91 Å². The largest absolute Gasteiger partial charge is 0.457 e. The molecule has 2 heterocycles. The van der Waals surface area contributed by atoms with Crippen molar-refractivity contribution in [3.63, 3.8) is 0 Å². The van der Waals surface area contributed by atoms with E-state index >= 15 is 0 Å². The molecule has 7 nitrogen and oxygen atoms in total. The first-order valence-electron chi connectivity index (χ1n) is 12.1. The van der Waals surface area contributed by atoms with E-state index < -0.39 is 10.0 Å². The summed E-state index contributed by atoms with van der Waals surface area (Å²) < 4.78 is 51.8. The number of anilines is 1. The van der Waals surface area contributed by atoms with Crippen molar-refractivity contribution < 1.29 is 26.8 Å². The van der Waals surface area contributed by atoms with Crippen molar-refractivity contribution in [2.75, 3.05) is 24.2 Å². The molecule has 1 amide bonds. The average Bonchev–Trinajstić information content (AvgIpc) is 3.57. The fourth-order valence-corrected chi connectivity index (χ4v) is 6.18. The van der Waals surface area contributed by atoms with Gasteiger partial charge in [-0.05, 0) is 84.8 Å². The first-order chi connectivity index (χ1) is 17.7. The molecule has 0 saturated heterocycles. The molecule has 1 aromatic heterocycles. The number of hydrogen-bond donors (Lipinski definition) is 1. The summed E-state index contributed by atoms with van der Waals surface area (Å²) in [5.41, 5.74) is 3.10. The van der Waals surface area contributed by atoms with E-state index in [1.54, 1.807) is 49.5 Å². The van der Waals surface area contributed by atoms with Crippen LogP contribution < -0.4 is 14.4 Å². The number of carbonyl (C=O) groups is 1. The molecule has 37 heavy (non-hydrogen) atoms. The third-order valence-corrected chi connectivity index (χ3v) is 8.33. The number of nitrogens with zero attached hydrogens (tertiary/aromatic N) is 1. The molecular formula is C28H25FN2O5S. The predicted octanol–water partition coefficient (Wildman–Crippen LogP) is 5.66. The number of hydrogen-bond acceptors (Lipinski definition) is 5. The van der Waals surface area contributed by atoms with Crippen LogP contribution in [0.25, 0.3) is 22.3 Å². The number of amides is 1. The zero-order chi connectivity index (χ0) is 25.9. The number of furan rings is 1. The highest BCUT2D eigenvalue weighted by Gasteiger charge is 2.44. The Labute approximate surface area is 213 Å². The van der Waals surface area contributed by atoms with Crippen LogP contribution in [0.15, 0.2) is 65.1 Å². The minimum Gasteiger partial charge on any atom is -0.457 e. The molecular weight excluding hydrogens is 495 g/mol. The number of halogens is 1. The second kappa shape index (κ2) is 8.62. The zero-order valence-corrected chi connectivity index (χ0v) is 21.1. The molecule has 9 heteroatoms. The normalized spacial score (nSPS) is 18.6. The Morgan fingerprint density at radius 2 is 1.76 bits per heavy atom. The van der Waals surface area contributed by atoms with E-state index in [1.807, 2.05) is 6.07 Å². The van der Waals surface area contributed by atoms with Crippen LogP contribution in [-0.4, -0.2) is 34.2 Å². The van der Waals surface area contributed by atoms with Gasteiger partial charge in [0.15, 0.2) is 0 Å². The van der Waals surface area contributed by atoms with Crippen molar-refractivity contribution in [3.05, 3.63) is 77.6 Å². The predicted molar refractivity (Wildman–Crippen MR) is 139 cm³/mol. The minimum atomic E-state index is -3.47. The van der Waals surface area contributed by atoms with E-state index in [0.29, 0.717) is 57.5 Å². The first kappa shape index (κ1) is 23.5. The molecule has 2 aliphatic rings. The standard InChI is InChI=1S/C28H25FN2O5S/c1-30-28(32)26-23-14-22-21-13-17(21)11-12-31(37(2,33)34)24(22)15-25(23)36-27(26)16-3-7-19(8-4-16)35-20-9-5-18(29)6-10-20/h3-10,14-15,17,21H,11-13H2,1-2H3,(H,30,32)/t17?,21-/m0/s1. The van der Waals surface area contributed by atoms with E-state index in [4.69, 9.17) is 9.15 Å². The van der Waals surface area contributed by atoms with E-state index in [-0.39, 0.29) is 17.6 Å². The summed E-state index contributed by atoms with van der Waals surface area (Å²) in [6.45, 7) is 0.434. The van der Waals surface area contributed by atoms with E-state index in [9.17, 15) is 17.6 Å². The van der Waals surface area contributed by atoms with Gasteiger partial charge in [-0.1, -0.05) is 0 Å². The summed E-state index contributed by atoms with van der Waals surface area (Å²) in [4.78, 5) is 13.0. The summed E-state index contributed by atoms with van der Waals surface area (Å²) in [6.07, 6.45) is 3.05. The Kier molecular flexibility index (Phi) is 5.49. The lowest BCUT2D eigenvalue weighted by atomic mass is 10.00. The SMILES string of the molecule is CNC(=O)c1c(-c2ccc(Oc3ccc(F)cc3)cc2)oc2cc3c(cc12)[C@H]1CC1CCN3S(C)(=O)=O. The van der Waals surface area contributed by atoms with Gasteiger partial charge in [0.1, 0.15) is 28.7 Å². The highest BCUT2D eigenvalue weighted by molar-refractivity contribution is 7.92. The molecule has 4 aromatic rings. The van der Waals surface area contributed by atoms with Crippen molar-refractivity contribution in [3.8, 4) is 22.8 Å². The maximum atomic E-state index is 13.2. The molecule has 3 aromatic carbocycles. The lowest BCUT2D eigenvalue weighted by Crippen LogP contribution is -2.31. The number of nitrogens with one attached hydrogen (secondary N) is 1. The molecule has 1 N–H and O–H groups in total. The monoisotopic (exact) mass is 520 g/mol. The molecule has 2 atom stereocenters. The summed E-state index contributed by atoms with van der Waals surface area (Å²) in [5, 5.41) is 3.36. The maximum absolute atomic E-state index is 13.2. The average molecular weight is 521 g/mol. The summed E-state index contributed by atoms with van der Waals surface area (Å²) in [6, 6.07) is 16.5. The number of ether oxygens (including phenoxy) is 1. The van der Waals surface area contributed by atoms with Gasteiger partial charge in [-0.25, -0.2) is 12.8 Å². The fraction of sp³-hybridized carbons (Fsp3) is 0.250. The maximum Gasteiger partial charge on any atom is 0.255 e. The number of sulfonamides is 1. The highest BCUT2D eigenvalue weighted by atomic mass is 32.2. The Morgan fingerprint density at radius 3 is 2.41 bits per heavy atom. The van der Waals surface area contributed by atoms with Crippen molar-refractivity contribution in [1.82, 2.24) is 5.32 Å². The molecule has 1 aliphatic carbocycles. The van der Waals surface area contributed by atoms with Crippen LogP contribution in [0.1, 0.15) is 34.7 Å². The molecule has 1 saturated carbocycles. The van der Waals surface area contributed by atoms with Crippen molar-refractivity contribution in [2.24, 2.45) is 5.92 Å². The number of carbonyl (C=O) groups excluding carboxylic acids is 1. The number of fused-ring (bicyclic) bond motifs is 4. The summed E-state index contributed by atoms with van der Waals surface area (Å²) in [7, 11) is -1.90. The van der Waals surface area contributed by atoms with Crippen LogP contribution in [0.4, 0.5) is 10.1 Å². The molecule has 1 unspecified atom stereocenters. The molecule has 0 spiro atoms. The van der Waals surface area contributed by atoms with Crippen molar-refractivity contribution in [1.29, 1.82) is 0 Å². The second-order valence-electron chi connectivity index (χ2n) is 9.60. The second-order valence-corrected chi connectivity index (χ2v) is 11.5. The topological polar surface area (TPSA) is 88.8 Å². The van der Waals surface area contributed by atoms with Crippen LogP contribution >= 0.6 is 0 Å². The molecule has 1 fully saturated rings. The lowest BCUT2D eigenvalue weighted by Gasteiger charge is -2.23. The van der Waals surface area contributed by atoms with Gasteiger partial charge >= 0.3 is 0 Å². The van der Waals surface area contributed by atoms with Crippen LogP contribution in [0.5, 0.6) is 11.5 Å². The number of rotatable bonds is 5. The van der Waals surface area contributed by atoms with Crippen molar-refractivity contribution in [2.45, 2.75) is 18.8 Å². The Morgan fingerprint density at radius 1 is 1.08 bits per heavy atom. The Hall–Kier alpha value is -3.85. The van der Waals surface area contributed by atoms with Crippen LogP contribution in [0.3, 0.4) is 0 Å². The molecule has 0 radical (unpaired) electrons. The van der Waals surface area contributed by atoms with Gasteiger partial charge in [0.05, 0.1) is 17.5 Å². The van der Waals surface area contributed by atoms with E-state index in [1.165, 1.54) is 22.7 Å².